The summed E-state index contributed by atoms with van der Waals surface area (Å²) in [6.45, 7) is 12.0. The molecule has 0 saturated carbocycles. The molecule has 5 rings (SSSR count). The van der Waals surface area contributed by atoms with Gasteiger partial charge in [-0.2, -0.15) is 0 Å². The standard InChI is InChI=1S/C36H35BrN2O5S/c1-6-10-26-19-25(15-18-29(26)43-21-24-13-16-27(37)17-14-24)20-31-34(40)39-33(28-11-8-9-12-30(28)44-22(3)4)32(35(41)42-7-2)23(5)38-36(39)45-31/h6,8-9,11-20,22,33H,1,7,10,21H2,2-5H3/b31-20+/t33-/m0/s1. The number of carbonyl (C=O) groups is 1. The van der Waals surface area contributed by atoms with Gasteiger partial charge in [0.15, 0.2) is 4.80 Å². The fourth-order valence-corrected chi connectivity index (χ4v) is 6.50. The van der Waals surface area contributed by atoms with Crippen LogP contribution >= 0.6 is 27.3 Å². The third kappa shape index (κ3) is 7.21. The van der Waals surface area contributed by atoms with Crippen LogP contribution in [0.2, 0.25) is 0 Å². The first-order valence-electron chi connectivity index (χ1n) is 14.8. The van der Waals surface area contributed by atoms with Crippen molar-refractivity contribution in [2.75, 3.05) is 6.61 Å². The van der Waals surface area contributed by atoms with E-state index in [2.05, 4.69) is 22.5 Å². The number of ether oxygens (including phenoxy) is 3. The van der Waals surface area contributed by atoms with Crippen LogP contribution < -0.4 is 24.4 Å². The predicted molar refractivity (Wildman–Crippen MR) is 181 cm³/mol. The van der Waals surface area contributed by atoms with E-state index in [4.69, 9.17) is 19.2 Å². The molecule has 45 heavy (non-hydrogen) atoms. The third-order valence-corrected chi connectivity index (χ3v) is 8.66. The van der Waals surface area contributed by atoms with Gasteiger partial charge in [0.2, 0.25) is 0 Å². The van der Waals surface area contributed by atoms with Gasteiger partial charge in [-0.3, -0.25) is 9.36 Å². The van der Waals surface area contributed by atoms with Gasteiger partial charge in [0.05, 0.1) is 28.5 Å². The molecule has 4 aromatic rings. The lowest BCUT2D eigenvalue weighted by atomic mass is 9.95. The lowest BCUT2D eigenvalue weighted by molar-refractivity contribution is -0.139. The van der Waals surface area contributed by atoms with Crippen molar-refractivity contribution >= 4 is 39.3 Å². The Balaban J connectivity index is 1.58. The Hall–Kier alpha value is -4.21. The van der Waals surface area contributed by atoms with Gasteiger partial charge in [0.1, 0.15) is 24.1 Å². The lowest BCUT2D eigenvalue weighted by Gasteiger charge is -2.26. The van der Waals surface area contributed by atoms with Crippen molar-refractivity contribution in [3.63, 3.8) is 0 Å². The Morgan fingerprint density at radius 2 is 1.87 bits per heavy atom. The van der Waals surface area contributed by atoms with Crippen molar-refractivity contribution in [3.8, 4) is 11.5 Å². The summed E-state index contributed by atoms with van der Waals surface area (Å²) in [5.41, 5.74) is 4.12. The molecule has 0 aliphatic carbocycles. The van der Waals surface area contributed by atoms with Gasteiger partial charge in [0, 0.05) is 10.0 Å². The fourth-order valence-electron chi connectivity index (χ4n) is 5.19. The number of para-hydroxylation sites is 1. The van der Waals surface area contributed by atoms with Crippen LogP contribution in [0.3, 0.4) is 0 Å². The Morgan fingerprint density at radius 1 is 1.11 bits per heavy atom. The van der Waals surface area contributed by atoms with Gasteiger partial charge in [-0.15, -0.1) is 6.58 Å². The molecule has 1 aromatic heterocycles. The van der Waals surface area contributed by atoms with Crippen LogP contribution in [0.5, 0.6) is 11.5 Å². The molecular formula is C36H35BrN2O5S. The van der Waals surface area contributed by atoms with E-state index in [9.17, 15) is 9.59 Å². The highest BCUT2D eigenvalue weighted by atomic mass is 79.9. The van der Waals surface area contributed by atoms with Gasteiger partial charge in [-0.1, -0.05) is 69.7 Å². The zero-order valence-electron chi connectivity index (χ0n) is 25.7. The summed E-state index contributed by atoms with van der Waals surface area (Å²) in [5.74, 6) is 0.842. The Labute approximate surface area is 274 Å². The molecule has 0 unspecified atom stereocenters. The summed E-state index contributed by atoms with van der Waals surface area (Å²) in [5, 5.41) is 0. The molecule has 1 aliphatic rings. The van der Waals surface area contributed by atoms with Gasteiger partial charge >= 0.3 is 5.97 Å². The highest BCUT2D eigenvalue weighted by Gasteiger charge is 2.35. The maximum Gasteiger partial charge on any atom is 0.338 e. The van der Waals surface area contributed by atoms with E-state index in [1.165, 1.54) is 11.3 Å². The predicted octanol–water partition coefficient (Wildman–Crippen LogP) is 6.66. The molecular weight excluding hydrogens is 652 g/mol. The largest absolute Gasteiger partial charge is 0.491 e. The zero-order chi connectivity index (χ0) is 32.1. The van der Waals surface area contributed by atoms with Crippen molar-refractivity contribution in [2.45, 2.75) is 52.9 Å². The van der Waals surface area contributed by atoms with E-state index in [-0.39, 0.29) is 18.3 Å². The molecule has 0 radical (unpaired) electrons. The number of hydrogen-bond acceptors (Lipinski definition) is 7. The summed E-state index contributed by atoms with van der Waals surface area (Å²) in [4.78, 5) is 32.7. The van der Waals surface area contributed by atoms with Gasteiger partial charge < -0.3 is 14.2 Å². The number of rotatable bonds is 11. The molecule has 1 aliphatic heterocycles. The lowest BCUT2D eigenvalue weighted by Crippen LogP contribution is -2.40. The molecule has 1 atom stereocenters. The van der Waals surface area contributed by atoms with E-state index >= 15 is 0 Å². The van der Waals surface area contributed by atoms with E-state index in [0.29, 0.717) is 44.9 Å². The summed E-state index contributed by atoms with van der Waals surface area (Å²) in [7, 11) is 0. The fraction of sp³-hybridized carbons (Fsp3) is 0.250. The molecule has 0 saturated heterocycles. The number of nitrogens with zero attached hydrogens (tertiary/aromatic N) is 2. The molecule has 0 spiro atoms. The number of fused-ring (bicyclic) bond motifs is 1. The quantitative estimate of drug-likeness (QED) is 0.130. The van der Waals surface area contributed by atoms with Crippen molar-refractivity contribution in [1.29, 1.82) is 0 Å². The van der Waals surface area contributed by atoms with Crippen LogP contribution in [0, 0.1) is 0 Å². The first kappa shape index (κ1) is 32.2. The number of benzene rings is 3. The number of esters is 1. The van der Waals surface area contributed by atoms with E-state index < -0.39 is 12.0 Å². The molecule has 0 fully saturated rings. The summed E-state index contributed by atoms with van der Waals surface area (Å²) < 4.78 is 20.8. The van der Waals surface area contributed by atoms with E-state index in [1.54, 1.807) is 18.4 Å². The summed E-state index contributed by atoms with van der Waals surface area (Å²) in [6.07, 6.45) is 4.18. The van der Waals surface area contributed by atoms with Gasteiger partial charge in [0.25, 0.3) is 5.56 Å². The first-order chi connectivity index (χ1) is 21.7. The van der Waals surface area contributed by atoms with Gasteiger partial charge in [-0.25, -0.2) is 9.79 Å². The van der Waals surface area contributed by atoms with Crippen molar-refractivity contribution in [1.82, 2.24) is 4.57 Å². The molecule has 0 amide bonds. The summed E-state index contributed by atoms with van der Waals surface area (Å²) in [6, 6.07) is 20.6. The number of hydrogen-bond donors (Lipinski definition) is 0. The molecule has 3 aromatic carbocycles. The molecule has 7 nitrogen and oxygen atoms in total. The van der Waals surface area contributed by atoms with Crippen molar-refractivity contribution in [2.24, 2.45) is 4.99 Å². The number of thiazole rings is 1. The average Bonchev–Trinajstić information content (AvgIpc) is 3.31. The van der Waals surface area contributed by atoms with Crippen LogP contribution in [0.25, 0.3) is 6.08 Å². The Kier molecular flexibility index (Phi) is 10.2. The maximum absolute atomic E-state index is 14.2. The smallest absolute Gasteiger partial charge is 0.338 e. The number of allylic oxidation sites excluding steroid dienone is 2. The zero-order valence-corrected chi connectivity index (χ0v) is 28.1. The van der Waals surface area contributed by atoms with Crippen molar-refractivity contribution < 1.29 is 19.0 Å². The van der Waals surface area contributed by atoms with Crippen molar-refractivity contribution in [3.05, 3.63) is 137 Å². The Bertz CT molecular complexity index is 1940. The minimum absolute atomic E-state index is 0.107. The molecule has 2 heterocycles. The second kappa shape index (κ2) is 14.3. The van der Waals surface area contributed by atoms with Crippen LogP contribution in [-0.2, 0) is 22.6 Å². The van der Waals surface area contributed by atoms with Crippen LogP contribution in [0.1, 0.15) is 56.0 Å². The van der Waals surface area contributed by atoms with E-state index in [1.807, 2.05) is 92.7 Å². The monoisotopic (exact) mass is 686 g/mol. The second-order valence-electron chi connectivity index (χ2n) is 10.8. The topological polar surface area (TPSA) is 79.1 Å². The Morgan fingerprint density at radius 3 is 2.58 bits per heavy atom. The molecule has 232 valence electrons. The molecule has 9 heteroatoms. The van der Waals surface area contributed by atoms with Gasteiger partial charge in [-0.05, 0) is 87.2 Å². The maximum atomic E-state index is 14.2. The third-order valence-electron chi connectivity index (χ3n) is 7.15. The van der Waals surface area contributed by atoms with Crippen LogP contribution in [0.4, 0.5) is 0 Å². The molecule has 0 bridgehead atoms. The highest BCUT2D eigenvalue weighted by Crippen LogP contribution is 2.36. The normalized spacial score (nSPS) is 14.6. The van der Waals surface area contributed by atoms with E-state index in [0.717, 1.165) is 26.9 Å². The first-order valence-corrected chi connectivity index (χ1v) is 16.4. The molecule has 0 N–H and O–H groups in total. The number of carbonyl (C=O) groups excluding carboxylic acids is 1. The SMILES string of the molecule is C=CCc1cc(/C=c2/sc3n(c2=O)[C@@H](c2ccccc2OC(C)C)C(C(=O)OCC)=C(C)N=3)ccc1OCc1ccc(Br)cc1. The average molecular weight is 688 g/mol. The summed E-state index contributed by atoms with van der Waals surface area (Å²) >= 11 is 4.75. The van der Waals surface area contributed by atoms with Crippen LogP contribution in [-0.4, -0.2) is 23.2 Å². The number of aromatic nitrogens is 1. The number of halogens is 1. The second-order valence-corrected chi connectivity index (χ2v) is 12.7. The highest BCUT2D eigenvalue weighted by molar-refractivity contribution is 9.10. The minimum atomic E-state index is -0.761. The minimum Gasteiger partial charge on any atom is -0.491 e. The van der Waals surface area contributed by atoms with Crippen LogP contribution in [0.15, 0.2) is 105 Å².